The topological polar surface area (TPSA) is 98.8 Å². The zero-order valence-electron chi connectivity index (χ0n) is 16.9. The van der Waals surface area contributed by atoms with Gasteiger partial charge in [-0.15, -0.1) is 0 Å². The molecule has 3 fully saturated rings. The van der Waals surface area contributed by atoms with E-state index in [0.29, 0.717) is 17.2 Å². The average Bonchev–Trinajstić information content (AvgIpc) is 3.30. The Labute approximate surface area is 175 Å². The van der Waals surface area contributed by atoms with Gasteiger partial charge in [0.15, 0.2) is 0 Å². The van der Waals surface area contributed by atoms with Crippen LogP contribution in [0.5, 0.6) is 0 Å². The van der Waals surface area contributed by atoms with Gasteiger partial charge in [0, 0.05) is 32.1 Å². The Morgan fingerprint density at radius 1 is 1.00 bits per heavy atom. The Bertz CT molecular complexity index is 920. The molecule has 1 saturated carbocycles. The summed E-state index contributed by atoms with van der Waals surface area (Å²) in [5.74, 6) is -1.07. The maximum Gasteiger partial charge on any atom is 0.262 e. The van der Waals surface area contributed by atoms with Crippen LogP contribution in [0.25, 0.3) is 0 Å². The lowest BCUT2D eigenvalue weighted by atomic mass is 10.0. The highest BCUT2D eigenvalue weighted by Gasteiger charge is 2.44. The lowest BCUT2D eigenvalue weighted by Gasteiger charge is -2.28. The van der Waals surface area contributed by atoms with E-state index in [1.165, 1.54) is 12.8 Å². The van der Waals surface area contributed by atoms with Crippen molar-refractivity contribution in [2.24, 2.45) is 5.92 Å². The molecule has 2 saturated heterocycles. The van der Waals surface area contributed by atoms with E-state index in [1.807, 2.05) is 12.1 Å². The number of nitrogens with zero attached hydrogens (tertiary/aromatic N) is 2. The minimum absolute atomic E-state index is 0.126. The third-order valence-electron chi connectivity index (χ3n) is 6.63. The van der Waals surface area contributed by atoms with Crippen molar-refractivity contribution in [3.8, 4) is 0 Å². The molecule has 1 aromatic rings. The molecule has 1 aliphatic carbocycles. The van der Waals surface area contributed by atoms with Crippen molar-refractivity contribution in [2.75, 3.05) is 19.6 Å². The van der Waals surface area contributed by atoms with Gasteiger partial charge >= 0.3 is 0 Å². The standard InChI is InChI=1S/C22H26N4O4/c27-19-6-5-18(20(28)24-19)26-21(29)16-4-3-14(9-17(16)22(26)30)12-25(11-13-1-2-13)15-7-8-23-10-15/h3-4,9,13,15,18,23H,1-2,5-8,10-12H2,(H,24,27,28)/t15-,18?/m0/s1. The van der Waals surface area contributed by atoms with Crippen molar-refractivity contribution in [1.82, 2.24) is 20.4 Å². The van der Waals surface area contributed by atoms with Crippen LogP contribution in [0.2, 0.25) is 0 Å². The summed E-state index contributed by atoms with van der Waals surface area (Å²) in [6.45, 7) is 3.83. The molecule has 8 heteroatoms. The number of carbonyl (C=O) groups is 4. The minimum atomic E-state index is -0.922. The second-order valence-corrected chi connectivity index (χ2v) is 8.85. The van der Waals surface area contributed by atoms with Crippen molar-refractivity contribution in [3.05, 3.63) is 34.9 Å². The van der Waals surface area contributed by atoms with Crippen LogP contribution in [0.4, 0.5) is 0 Å². The van der Waals surface area contributed by atoms with Gasteiger partial charge in [-0.1, -0.05) is 6.07 Å². The number of hydrogen-bond acceptors (Lipinski definition) is 6. The number of benzene rings is 1. The number of hydrogen-bond donors (Lipinski definition) is 2. The first-order valence-electron chi connectivity index (χ1n) is 10.8. The fraction of sp³-hybridized carbons (Fsp3) is 0.545. The minimum Gasteiger partial charge on any atom is -0.315 e. The van der Waals surface area contributed by atoms with Crippen LogP contribution in [0, 0.1) is 5.92 Å². The Balaban J connectivity index is 1.36. The normalized spacial score (nSPS) is 26.5. The second kappa shape index (κ2) is 7.59. The molecule has 0 spiro atoms. The van der Waals surface area contributed by atoms with E-state index in [4.69, 9.17) is 0 Å². The fourth-order valence-corrected chi connectivity index (χ4v) is 4.78. The van der Waals surface area contributed by atoms with Crippen LogP contribution in [0.15, 0.2) is 18.2 Å². The number of piperidine rings is 1. The largest absolute Gasteiger partial charge is 0.315 e. The first-order valence-corrected chi connectivity index (χ1v) is 10.8. The van der Waals surface area contributed by atoms with Crippen LogP contribution >= 0.6 is 0 Å². The van der Waals surface area contributed by atoms with E-state index in [9.17, 15) is 19.2 Å². The van der Waals surface area contributed by atoms with Crippen LogP contribution in [-0.4, -0.2) is 65.1 Å². The molecule has 1 unspecified atom stereocenters. The van der Waals surface area contributed by atoms with Gasteiger partial charge in [0.2, 0.25) is 11.8 Å². The van der Waals surface area contributed by atoms with Gasteiger partial charge in [-0.25, -0.2) is 0 Å². The van der Waals surface area contributed by atoms with Crippen LogP contribution in [0.1, 0.15) is 58.4 Å². The summed E-state index contributed by atoms with van der Waals surface area (Å²) < 4.78 is 0. The number of rotatable bonds is 6. The van der Waals surface area contributed by atoms with Crippen molar-refractivity contribution >= 4 is 23.6 Å². The molecule has 4 amide bonds. The number of fused-ring (bicyclic) bond motifs is 1. The Hall–Kier alpha value is -2.58. The maximum atomic E-state index is 13.0. The number of carbonyl (C=O) groups excluding carboxylic acids is 4. The summed E-state index contributed by atoms with van der Waals surface area (Å²) in [6.07, 6.45) is 4.00. The van der Waals surface area contributed by atoms with Crippen molar-refractivity contribution in [1.29, 1.82) is 0 Å². The van der Waals surface area contributed by atoms with E-state index < -0.39 is 23.8 Å². The van der Waals surface area contributed by atoms with E-state index in [-0.39, 0.29) is 18.7 Å². The molecule has 5 rings (SSSR count). The molecule has 4 aliphatic rings. The van der Waals surface area contributed by atoms with E-state index in [2.05, 4.69) is 15.5 Å². The molecule has 0 radical (unpaired) electrons. The van der Waals surface area contributed by atoms with Crippen LogP contribution in [-0.2, 0) is 16.1 Å². The molecule has 0 aromatic heterocycles. The summed E-state index contributed by atoms with van der Waals surface area (Å²) in [7, 11) is 0. The second-order valence-electron chi connectivity index (χ2n) is 8.85. The predicted molar refractivity (Wildman–Crippen MR) is 108 cm³/mol. The van der Waals surface area contributed by atoms with Crippen LogP contribution in [0.3, 0.4) is 0 Å². The third kappa shape index (κ3) is 3.54. The van der Waals surface area contributed by atoms with E-state index in [1.54, 1.807) is 6.07 Å². The first kappa shape index (κ1) is 19.4. The molecular weight excluding hydrogens is 384 g/mol. The smallest absolute Gasteiger partial charge is 0.262 e. The van der Waals surface area contributed by atoms with Gasteiger partial charge in [-0.3, -0.25) is 34.3 Å². The van der Waals surface area contributed by atoms with Gasteiger partial charge < -0.3 is 5.32 Å². The molecular formula is C22H26N4O4. The summed E-state index contributed by atoms with van der Waals surface area (Å²) in [4.78, 5) is 53.0. The summed E-state index contributed by atoms with van der Waals surface area (Å²) >= 11 is 0. The molecule has 3 heterocycles. The van der Waals surface area contributed by atoms with Gasteiger partial charge in [-0.2, -0.15) is 0 Å². The summed E-state index contributed by atoms with van der Waals surface area (Å²) in [5, 5.41) is 5.66. The quantitative estimate of drug-likeness (QED) is 0.669. The van der Waals surface area contributed by atoms with Crippen molar-refractivity contribution < 1.29 is 19.2 Å². The van der Waals surface area contributed by atoms with Gasteiger partial charge in [0.05, 0.1) is 11.1 Å². The van der Waals surface area contributed by atoms with Crippen molar-refractivity contribution in [2.45, 2.75) is 50.7 Å². The lowest BCUT2D eigenvalue weighted by Crippen LogP contribution is -2.54. The maximum absolute atomic E-state index is 13.0. The molecule has 158 valence electrons. The van der Waals surface area contributed by atoms with Gasteiger partial charge in [0.1, 0.15) is 6.04 Å². The van der Waals surface area contributed by atoms with Gasteiger partial charge in [0.25, 0.3) is 11.8 Å². The highest BCUT2D eigenvalue weighted by atomic mass is 16.2. The van der Waals surface area contributed by atoms with Gasteiger partial charge in [-0.05, 0) is 55.8 Å². The molecule has 8 nitrogen and oxygen atoms in total. The zero-order chi connectivity index (χ0) is 20.8. The molecule has 1 aromatic carbocycles. The zero-order valence-corrected chi connectivity index (χ0v) is 16.9. The molecule has 2 atom stereocenters. The summed E-state index contributed by atoms with van der Waals surface area (Å²) in [5.41, 5.74) is 1.70. The van der Waals surface area contributed by atoms with E-state index >= 15 is 0 Å². The molecule has 0 bridgehead atoms. The Morgan fingerprint density at radius 2 is 1.80 bits per heavy atom. The number of imide groups is 2. The Kier molecular flexibility index (Phi) is 4.91. The van der Waals surface area contributed by atoms with Crippen LogP contribution < -0.4 is 10.6 Å². The van der Waals surface area contributed by atoms with E-state index in [0.717, 1.165) is 49.0 Å². The lowest BCUT2D eigenvalue weighted by molar-refractivity contribution is -0.136. The monoisotopic (exact) mass is 410 g/mol. The number of amides is 4. The molecule has 3 aliphatic heterocycles. The number of nitrogens with one attached hydrogen (secondary N) is 2. The molecule has 30 heavy (non-hydrogen) atoms. The first-order chi connectivity index (χ1) is 14.5. The Morgan fingerprint density at radius 3 is 2.50 bits per heavy atom. The average molecular weight is 410 g/mol. The molecule has 2 N–H and O–H groups in total. The highest BCUT2D eigenvalue weighted by molar-refractivity contribution is 6.23. The highest BCUT2D eigenvalue weighted by Crippen LogP contribution is 2.32. The summed E-state index contributed by atoms with van der Waals surface area (Å²) in [6, 6.07) is 5.01. The third-order valence-corrected chi connectivity index (χ3v) is 6.63. The van der Waals surface area contributed by atoms with Crippen molar-refractivity contribution in [3.63, 3.8) is 0 Å². The predicted octanol–water partition coefficient (Wildman–Crippen LogP) is 0.662. The SMILES string of the molecule is O=C1CCC(N2C(=O)c3ccc(CN(CC4CC4)[C@H]4CCNC4)cc3C2=O)C(=O)N1. The fourth-order valence-electron chi connectivity index (χ4n) is 4.78.